The highest BCUT2D eigenvalue weighted by atomic mass is 16.5. The molecule has 0 bridgehead atoms. The van der Waals surface area contributed by atoms with Gasteiger partial charge in [-0.15, -0.1) is 5.10 Å². The Morgan fingerprint density at radius 1 is 1.00 bits per heavy atom. The molecule has 0 atom stereocenters. The first-order valence-corrected chi connectivity index (χ1v) is 9.80. The maximum Gasteiger partial charge on any atom is 0.255 e. The first kappa shape index (κ1) is 21.1. The van der Waals surface area contributed by atoms with Crippen LogP contribution in [0.5, 0.6) is 17.2 Å². The number of aromatic nitrogens is 4. The molecular weight excluding hydrogens is 386 g/mol. The molecule has 1 N–H and O–H groups in total. The summed E-state index contributed by atoms with van der Waals surface area (Å²) < 4.78 is 18.7. The number of benzene rings is 2. The number of carbonyl (C=O) groups is 1. The quantitative estimate of drug-likeness (QED) is 0.576. The average Bonchev–Trinajstić information content (AvgIpc) is 3.16. The second-order valence-corrected chi connectivity index (χ2v) is 6.24. The minimum atomic E-state index is -0.300. The number of carbonyl (C=O) groups excluding carboxylic acids is 1. The number of amides is 1. The molecule has 0 spiro atoms. The Bertz CT molecular complexity index is 991. The number of rotatable bonds is 9. The normalized spacial score (nSPS) is 10.5. The van der Waals surface area contributed by atoms with Crippen molar-refractivity contribution in [1.82, 2.24) is 20.2 Å². The molecule has 0 fully saturated rings. The Labute approximate surface area is 175 Å². The minimum absolute atomic E-state index is 0.300. The van der Waals surface area contributed by atoms with E-state index in [9.17, 15) is 4.79 Å². The molecule has 9 heteroatoms. The molecule has 0 aliphatic rings. The largest absolute Gasteiger partial charge is 0.490 e. The maximum atomic E-state index is 13.0. The molecule has 158 valence electrons. The molecular formula is C21H25N5O4. The molecule has 1 amide bonds. The summed E-state index contributed by atoms with van der Waals surface area (Å²) in [6.45, 7) is 8.74. The highest BCUT2D eigenvalue weighted by molar-refractivity contribution is 6.05. The fourth-order valence-corrected chi connectivity index (χ4v) is 2.91. The Hall–Kier alpha value is -3.62. The molecule has 9 nitrogen and oxygen atoms in total. The van der Waals surface area contributed by atoms with Crippen LogP contribution in [0.25, 0.3) is 5.69 Å². The lowest BCUT2D eigenvalue weighted by Gasteiger charge is -2.17. The van der Waals surface area contributed by atoms with Crippen molar-refractivity contribution in [2.24, 2.45) is 0 Å². The number of hydrogen-bond donors (Lipinski definition) is 1. The van der Waals surface area contributed by atoms with Crippen LogP contribution in [0.15, 0.2) is 36.4 Å². The van der Waals surface area contributed by atoms with E-state index in [1.165, 1.54) is 0 Å². The van der Waals surface area contributed by atoms with E-state index >= 15 is 0 Å². The van der Waals surface area contributed by atoms with Gasteiger partial charge in [-0.2, -0.15) is 4.68 Å². The Morgan fingerprint density at radius 3 is 2.23 bits per heavy atom. The van der Waals surface area contributed by atoms with Gasteiger partial charge in [0.25, 0.3) is 5.91 Å². The molecule has 0 aliphatic heterocycles. The summed E-state index contributed by atoms with van der Waals surface area (Å²) in [5.41, 5.74) is 1.75. The summed E-state index contributed by atoms with van der Waals surface area (Å²) in [5.74, 6) is 1.77. The molecule has 0 aliphatic carbocycles. The number of anilines is 1. The van der Waals surface area contributed by atoms with Crippen LogP contribution >= 0.6 is 0 Å². The standard InChI is InChI=1S/C21H25N5O4/c1-5-28-18-11-15(12-19(29-6-2)20(18)30-7-3)21(27)22-16-9-8-10-17(13-16)26-14(4)23-24-25-26/h8-13H,5-7H2,1-4H3,(H,22,27). The van der Waals surface area contributed by atoms with E-state index < -0.39 is 0 Å². The summed E-state index contributed by atoms with van der Waals surface area (Å²) in [7, 11) is 0. The van der Waals surface area contributed by atoms with Crippen LogP contribution in [0.3, 0.4) is 0 Å². The SMILES string of the molecule is CCOc1cc(C(=O)Nc2cccc(-n3nnnc3C)c2)cc(OCC)c1OCC. The van der Waals surface area contributed by atoms with E-state index in [2.05, 4.69) is 20.8 Å². The summed E-state index contributed by atoms with van der Waals surface area (Å²) in [6, 6.07) is 10.6. The zero-order chi connectivity index (χ0) is 21.5. The molecule has 0 saturated heterocycles. The van der Waals surface area contributed by atoms with Crippen molar-refractivity contribution in [3.63, 3.8) is 0 Å². The lowest BCUT2D eigenvalue weighted by Crippen LogP contribution is -2.13. The number of hydrogen-bond acceptors (Lipinski definition) is 7. The van der Waals surface area contributed by atoms with Gasteiger partial charge in [-0.3, -0.25) is 4.79 Å². The Kier molecular flexibility index (Phi) is 6.84. The number of ether oxygens (including phenoxy) is 3. The highest BCUT2D eigenvalue weighted by Gasteiger charge is 2.18. The lowest BCUT2D eigenvalue weighted by atomic mass is 10.1. The lowest BCUT2D eigenvalue weighted by molar-refractivity contribution is 0.102. The van der Waals surface area contributed by atoms with Crippen LogP contribution in [0.2, 0.25) is 0 Å². The third-order valence-corrected chi connectivity index (χ3v) is 4.15. The molecule has 0 unspecified atom stereocenters. The van der Waals surface area contributed by atoms with Crippen LogP contribution in [0, 0.1) is 6.92 Å². The van der Waals surface area contributed by atoms with Crippen molar-refractivity contribution in [2.45, 2.75) is 27.7 Å². The second kappa shape index (κ2) is 9.73. The molecule has 1 heterocycles. The van der Waals surface area contributed by atoms with E-state index in [-0.39, 0.29) is 5.91 Å². The molecule has 3 rings (SSSR count). The summed E-state index contributed by atoms with van der Waals surface area (Å²) in [5, 5.41) is 14.4. The van der Waals surface area contributed by atoms with Crippen LogP contribution < -0.4 is 19.5 Å². The van der Waals surface area contributed by atoms with Crippen LogP contribution in [0.4, 0.5) is 5.69 Å². The van der Waals surface area contributed by atoms with Crippen molar-refractivity contribution in [3.8, 4) is 22.9 Å². The van der Waals surface area contributed by atoms with Crippen LogP contribution in [0.1, 0.15) is 37.0 Å². The minimum Gasteiger partial charge on any atom is -0.490 e. The smallest absolute Gasteiger partial charge is 0.255 e. The zero-order valence-electron chi connectivity index (χ0n) is 17.5. The zero-order valence-corrected chi connectivity index (χ0v) is 17.5. The van der Waals surface area contributed by atoms with Gasteiger partial charge in [-0.05, 0) is 68.5 Å². The summed E-state index contributed by atoms with van der Waals surface area (Å²) in [4.78, 5) is 13.0. The number of tetrazole rings is 1. The molecule has 0 saturated carbocycles. The van der Waals surface area contributed by atoms with E-state index in [0.29, 0.717) is 54.1 Å². The van der Waals surface area contributed by atoms with Crippen molar-refractivity contribution in [2.75, 3.05) is 25.1 Å². The number of aryl methyl sites for hydroxylation is 1. The van der Waals surface area contributed by atoms with Gasteiger partial charge >= 0.3 is 0 Å². The van der Waals surface area contributed by atoms with E-state index in [0.717, 1.165) is 5.69 Å². The second-order valence-electron chi connectivity index (χ2n) is 6.24. The van der Waals surface area contributed by atoms with Crippen LogP contribution in [-0.4, -0.2) is 45.9 Å². The molecule has 30 heavy (non-hydrogen) atoms. The van der Waals surface area contributed by atoms with E-state index in [1.807, 2.05) is 32.9 Å². The number of nitrogens with zero attached hydrogens (tertiary/aromatic N) is 4. The first-order valence-electron chi connectivity index (χ1n) is 9.80. The van der Waals surface area contributed by atoms with Gasteiger partial charge in [0.15, 0.2) is 17.3 Å². The fraction of sp³-hybridized carbons (Fsp3) is 0.333. The van der Waals surface area contributed by atoms with Crippen molar-refractivity contribution < 1.29 is 19.0 Å². The fourth-order valence-electron chi connectivity index (χ4n) is 2.91. The predicted octanol–water partition coefficient (Wildman–Crippen LogP) is 3.42. The first-order chi connectivity index (χ1) is 14.6. The van der Waals surface area contributed by atoms with Gasteiger partial charge in [0, 0.05) is 11.3 Å². The van der Waals surface area contributed by atoms with Gasteiger partial charge in [-0.1, -0.05) is 6.07 Å². The van der Waals surface area contributed by atoms with Gasteiger partial charge in [0.2, 0.25) is 5.75 Å². The average molecular weight is 411 g/mol. The highest BCUT2D eigenvalue weighted by Crippen LogP contribution is 2.39. The predicted molar refractivity (Wildman–Crippen MR) is 112 cm³/mol. The third-order valence-electron chi connectivity index (χ3n) is 4.15. The number of nitrogens with one attached hydrogen (secondary N) is 1. The molecule has 0 radical (unpaired) electrons. The molecule has 3 aromatic rings. The molecule has 2 aromatic carbocycles. The van der Waals surface area contributed by atoms with Gasteiger partial charge in [-0.25, -0.2) is 0 Å². The summed E-state index contributed by atoms with van der Waals surface area (Å²) in [6.07, 6.45) is 0. The summed E-state index contributed by atoms with van der Waals surface area (Å²) >= 11 is 0. The van der Waals surface area contributed by atoms with Gasteiger partial charge in [0.05, 0.1) is 25.5 Å². The van der Waals surface area contributed by atoms with Crippen molar-refractivity contribution in [1.29, 1.82) is 0 Å². The van der Waals surface area contributed by atoms with Gasteiger partial charge in [0.1, 0.15) is 0 Å². The monoisotopic (exact) mass is 411 g/mol. The van der Waals surface area contributed by atoms with Crippen LogP contribution in [-0.2, 0) is 0 Å². The van der Waals surface area contributed by atoms with E-state index in [4.69, 9.17) is 14.2 Å². The topological polar surface area (TPSA) is 100 Å². The third kappa shape index (κ3) is 4.68. The van der Waals surface area contributed by atoms with Crippen molar-refractivity contribution in [3.05, 3.63) is 47.8 Å². The molecule has 1 aromatic heterocycles. The van der Waals surface area contributed by atoms with Crippen molar-refractivity contribution >= 4 is 11.6 Å². The maximum absolute atomic E-state index is 13.0. The van der Waals surface area contributed by atoms with Gasteiger partial charge < -0.3 is 19.5 Å². The Morgan fingerprint density at radius 2 is 1.67 bits per heavy atom. The Balaban J connectivity index is 1.90. The van der Waals surface area contributed by atoms with E-state index in [1.54, 1.807) is 35.9 Å².